The second kappa shape index (κ2) is 14.1. The van der Waals surface area contributed by atoms with Crippen LogP contribution in [0.5, 0.6) is 11.6 Å². The summed E-state index contributed by atoms with van der Waals surface area (Å²) in [4.78, 5) is 36.5. The molecule has 0 radical (unpaired) electrons. The molecule has 1 saturated heterocycles. The molecule has 1 aliphatic rings. The molecule has 2 aromatic carbocycles. The van der Waals surface area contributed by atoms with Gasteiger partial charge in [0.2, 0.25) is 17.7 Å². The van der Waals surface area contributed by atoms with E-state index in [1.54, 1.807) is 47.5 Å². The maximum absolute atomic E-state index is 12.9. The van der Waals surface area contributed by atoms with Crippen molar-refractivity contribution in [2.45, 2.75) is 64.0 Å². The van der Waals surface area contributed by atoms with E-state index in [1.165, 1.54) is 11.8 Å². The number of aryl methyl sites for hydroxylation is 2. The van der Waals surface area contributed by atoms with Crippen LogP contribution in [0.3, 0.4) is 0 Å². The summed E-state index contributed by atoms with van der Waals surface area (Å²) in [5.41, 5.74) is 2.74. The average Bonchev–Trinajstić information content (AvgIpc) is 2.98. The van der Waals surface area contributed by atoms with Crippen LogP contribution in [-0.2, 0) is 9.53 Å². The summed E-state index contributed by atoms with van der Waals surface area (Å²) in [6.45, 7) is 10.2. The highest BCUT2D eigenvalue weighted by Crippen LogP contribution is 2.35. The van der Waals surface area contributed by atoms with Crippen molar-refractivity contribution in [1.82, 2.24) is 20.2 Å². The highest BCUT2D eigenvalue weighted by Gasteiger charge is 2.27. The number of nitrogens with one attached hydrogen (secondary N) is 2. The molecule has 2 amide bonds. The minimum Gasteiger partial charge on any atom is -0.444 e. The molecule has 44 heavy (non-hydrogen) atoms. The lowest BCUT2D eigenvalue weighted by molar-refractivity contribution is -0.119. The number of likely N-dealkylation sites (tertiary alicyclic amines) is 1. The van der Waals surface area contributed by atoms with Crippen LogP contribution >= 0.6 is 11.8 Å². The van der Waals surface area contributed by atoms with Gasteiger partial charge in [-0.2, -0.15) is 15.5 Å². The van der Waals surface area contributed by atoms with Gasteiger partial charge in [-0.3, -0.25) is 4.79 Å². The smallest absolute Gasteiger partial charge is 0.410 e. The number of rotatable bonds is 8. The molecule has 2 N–H and O–H groups in total. The van der Waals surface area contributed by atoms with Gasteiger partial charge in [-0.15, -0.1) is 11.8 Å². The molecule has 0 spiro atoms. The minimum absolute atomic E-state index is 0.0447. The molecule has 2 heterocycles. The number of ether oxygens (including phenoxy) is 2. The Balaban J connectivity index is 1.44. The SMILES string of the molecule is Cc1cc(C#N)cc(C)c1Oc1nc(Nc2ccc(C#N)cc2)ncc1SCC(=O)NC1CCN(C(=O)OC(C)(C)C)CC1. The number of thioether (sulfide) groups is 1. The maximum Gasteiger partial charge on any atom is 0.410 e. The van der Waals surface area contributed by atoms with Crippen LogP contribution in [0.15, 0.2) is 47.5 Å². The van der Waals surface area contributed by atoms with Crippen molar-refractivity contribution in [2.24, 2.45) is 0 Å². The van der Waals surface area contributed by atoms with Crippen LogP contribution in [0.4, 0.5) is 16.4 Å². The molecule has 12 heteroatoms. The van der Waals surface area contributed by atoms with Crippen molar-refractivity contribution < 1.29 is 19.1 Å². The predicted octanol–water partition coefficient (Wildman–Crippen LogP) is 5.98. The second-order valence-electron chi connectivity index (χ2n) is 11.4. The number of aromatic nitrogens is 2. The van der Waals surface area contributed by atoms with Crippen molar-refractivity contribution in [2.75, 3.05) is 24.2 Å². The molecule has 1 aliphatic heterocycles. The molecule has 228 valence electrons. The van der Waals surface area contributed by atoms with Crippen molar-refractivity contribution in [1.29, 1.82) is 10.5 Å². The lowest BCUT2D eigenvalue weighted by atomic mass is 10.1. The minimum atomic E-state index is -0.555. The number of nitriles is 2. The monoisotopic (exact) mass is 613 g/mol. The summed E-state index contributed by atoms with van der Waals surface area (Å²) < 4.78 is 11.7. The molecule has 0 unspecified atom stereocenters. The van der Waals surface area contributed by atoms with E-state index in [1.807, 2.05) is 34.6 Å². The normalized spacial score (nSPS) is 13.4. The number of carbonyl (C=O) groups excluding carboxylic acids is 2. The largest absolute Gasteiger partial charge is 0.444 e. The molecule has 1 fully saturated rings. The number of nitrogens with zero attached hydrogens (tertiary/aromatic N) is 5. The zero-order valence-electron chi connectivity index (χ0n) is 25.4. The van der Waals surface area contributed by atoms with Gasteiger partial charge in [0.25, 0.3) is 0 Å². The third-order valence-corrected chi connectivity index (χ3v) is 7.65. The maximum atomic E-state index is 12.9. The molecular weight excluding hydrogens is 578 g/mol. The number of piperidine rings is 1. The molecule has 0 atom stereocenters. The quantitative estimate of drug-likeness (QED) is 0.290. The summed E-state index contributed by atoms with van der Waals surface area (Å²) in [6.07, 6.45) is 2.54. The van der Waals surface area contributed by atoms with Crippen LogP contribution in [0, 0.1) is 36.5 Å². The van der Waals surface area contributed by atoms with Gasteiger partial charge < -0.3 is 25.0 Å². The highest BCUT2D eigenvalue weighted by molar-refractivity contribution is 8.00. The fraction of sp³-hybridized carbons (Fsp3) is 0.375. The number of hydrogen-bond donors (Lipinski definition) is 2. The van der Waals surface area contributed by atoms with Crippen LogP contribution in [0.2, 0.25) is 0 Å². The Morgan fingerprint density at radius 2 is 1.68 bits per heavy atom. The number of carbonyl (C=O) groups is 2. The van der Waals surface area contributed by atoms with Crippen molar-refractivity contribution in [3.63, 3.8) is 0 Å². The predicted molar refractivity (Wildman–Crippen MR) is 167 cm³/mol. The van der Waals surface area contributed by atoms with E-state index in [9.17, 15) is 14.9 Å². The Bertz CT molecular complexity index is 1580. The second-order valence-corrected chi connectivity index (χ2v) is 12.4. The Kier molecular flexibility index (Phi) is 10.3. The lowest BCUT2D eigenvalue weighted by Gasteiger charge is -2.33. The summed E-state index contributed by atoms with van der Waals surface area (Å²) in [5, 5.41) is 24.6. The standard InChI is InChI=1S/C32H35N7O4S/c1-20-14-23(17-34)15-21(2)28(20)42-29-26(18-35-30(38-29)37-24-8-6-22(16-33)7-9-24)44-19-27(40)36-25-10-12-39(13-11-25)31(41)43-32(3,4)5/h6-9,14-15,18,25H,10-13,19H2,1-5H3,(H,36,40)(H,35,37,38). The number of anilines is 2. The number of amides is 2. The summed E-state index contributed by atoms with van der Waals surface area (Å²) in [6, 6.07) is 14.6. The molecule has 4 rings (SSSR count). The van der Waals surface area contributed by atoms with E-state index >= 15 is 0 Å². The molecule has 3 aromatic rings. The van der Waals surface area contributed by atoms with E-state index in [4.69, 9.17) is 14.7 Å². The van der Waals surface area contributed by atoms with Gasteiger partial charge in [-0.1, -0.05) is 0 Å². The molecule has 0 saturated carbocycles. The first-order valence-electron chi connectivity index (χ1n) is 14.2. The van der Waals surface area contributed by atoms with Crippen molar-refractivity contribution >= 4 is 35.4 Å². The van der Waals surface area contributed by atoms with Gasteiger partial charge >= 0.3 is 6.09 Å². The fourth-order valence-electron chi connectivity index (χ4n) is 4.56. The van der Waals surface area contributed by atoms with Gasteiger partial charge in [0, 0.05) is 31.0 Å². The third kappa shape index (κ3) is 8.85. The van der Waals surface area contributed by atoms with E-state index in [0.29, 0.717) is 53.4 Å². The van der Waals surface area contributed by atoms with Gasteiger partial charge in [0.1, 0.15) is 11.4 Å². The van der Waals surface area contributed by atoms with Crippen LogP contribution in [0.1, 0.15) is 55.9 Å². The molecule has 0 aliphatic carbocycles. The van der Waals surface area contributed by atoms with E-state index in [0.717, 1.165) is 11.1 Å². The first-order chi connectivity index (χ1) is 20.9. The van der Waals surface area contributed by atoms with Gasteiger partial charge in [-0.05, 0) is 95.0 Å². The average molecular weight is 614 g/mol. The highest BCUT2D eigenvalue weighted by atomic mass is 32.2. The topological polar surface area (TPSA) is 153 Å². The Morgan fingerprint density at radius 1 is 1.05 bits per heavy atom. The molecular formula is C32H35N7O4S. The Hall–Kier alpha value is -4.81. The summed E-state index contributed by atoms with van der Waals surface area (Å²) >= 11 is 1.25. The van der Waals surface area contributed by atoms with E-state index in [2.05, 4.69) is 32.7 Å². The summed E-state index contributed by atoms with van der Waals surface area (Å²) in [5.74, 6) is 1.06. The zero-order chi connectivity index (χ0) is 31.9. The van der Waals surface area contributed by atoms with Crippen LogP contribution < -0.4 is 15.4 Å². The Morgan fingerprint density at radius 3 is 2.27 bits per heavy atom. The van der Waals surface area contributed by atoms with Gasteiger partial charge in [0.05, 0.1) is 33.9 Å². The summed E-state index contributed by atoms with van der Waals surface area (Å²) in [7, 11) is 0. The lowest BCUT2D eigenvalue weighted by Crippen LogP contribution is -2.48. The van der Waals surface area contributed by atoms with E-state index in [-0.39, 0.29) is 35.6 Å². The van der Waals surface area contributed by atoms with Gasteiger partial charge in [-0.25, -0.2) is 9.78 Å². The van der Waals surface area contributed by atoms with Crippen LogP contribution in [0.25, 0.3) is 0 Å². The first-order valence-corrected chi connectivity index (χ1v) is 15.2. The number of hydrogen-bond acceptors (Lipinski definition) is 10. The third-order valence-electron chi connectivity index (χ3n) is 6.65. The van der Waals surface area contributed by atoms with Crippen LogP contribution in [-0.4, -0.2) is 57.4 Å². The van der Waals surface area contributed by atoms with Gasteiger partial charge in [0.15, 0.2) is 0 Å². The molecule has 11 nitrogen and oxygen atoms in total. The Labute approximate surface area is 261 Å². The fourth-order valence-corrected chi connectivity index (χ4v) is 5.27. The van der Waals surface area contributed by atoms with Crippen molar-refractivity contribution in [3.8, 4) is 23.8 Å². The molecule has 1 aromatic heterocycles. The molecule has 0 bridgehead atoms. The zero-order valence-corrected chi connectivity index (χ0v) is 26.2. The number of benzene rings is 2. The van der Waals surface area contributed by atoms with Crippen molar-refractivity contribution in [3.05, 3.63) is 64.8 Å². The first kappa shape index (κ1) is 32.1. The van der Waals surface area contributed by atoms with E-state index < -0.39 is 5.60 Å².